The van der Waals surface area contributed by atoms with Crippen LogP contribution in [-0.2, 0) is 13.1 Å². The topological polar surface area (TPSA) is 28.2 Å². The molecule has 1 aromatic rings. The first-order valence-electron chi connectivity index (χ1n) is 7.01. The number of likely N-dealkylation sites (tertiary alicyclic amines) is 1. The molecule has 3 nitrogen and oxygen atoms in total. The molecule has 100 valence electrons. The summed E-state index contributed by atoms with van der Waals surface area (Å²) >= 11 is 0. The molecule has 2 atom stereocenters. The molecule has 0 saturated carbocycles. The summed E-state index contributed by atoms with van der Waals surface area (Å²) in [7, 11) is 1.96. The summed E-state index contributed by atoms with van der Waals surface area (Å²) in [6, 6.07) is 6.34. The largest absolute Gasteiger partial charge is 0.314 e. The highest BCUT2D eigenvalue weighted by atomic mass is 15.1. The number of hydrogen-bond donors (Lipinski definition) is 1. The normalized spacial score (nSPS) is 25.3. The van der Waals surface area contributed by atoms with Crippen molar-refractivity contribution in [2.75, 3.05) is 20.1 Å². The number of pyridine rings is 1. The van der Waals surface area contributed by atoms with Crippen LogP contribution in [0, 0.1) is 11.8 Å². The van der Waals surface area contributed by atoms with Gasteiger partial charge in [-0.05, 0) is 44.0 Å². The van der Waals surface area contributed by atoms with Gasteiger partial charge in [0.05, 0.1) is 11.4 Å². The molecule has 0 aliphatic carbocycles. The number of aromatic nitrogens is 1. The van der Waals surface area contributed by atoms with Gasteiger partial charge in [0.1, 0.15) is 0 Å². The minimum absolute atomic E-state index is 0.805. The molecule has 1 fully saturated rings. The third kappa shape index (κ3) is 3.53. The lowest BCUT2D eigenvalue weighted by Gasteiger charge is -2.35. The molecule has 18 heavy (non-hydrogen) atoms. The lowest BCUT2D eigenvalue weighted by atomic mass is 9.88. The molecule has 0 amide bonds. The Morgan fingerprint density at radius 2 is 2.06 bits per heavy atom. The van der Waals surface area contributed by atoms with Gasteiger partial charge in [0.2, 0.25) is 0 Å². The average Bonchev–Trinajstić information content (AvgIpc) is 2.35. The van der Waals surface area contributed by atoms with E-state index >= 15 is 0 Å². The Morgan fingerprint density at radius 1 is 1.28 bits per heavy atom. The second-order valence-corrected chi connectivity index (χ2v) is 5.63. The van der Waals surface area contributed by atoms with Crippen molar-refractivity contribution in [3.63, 3.8) is 0 Å². The van der Waals surface area contributed by atoms with Gasteiger partial charge in [0.15, 0.2) is 0 Å². The molecule has 1 aliphatic rings. The van der Waals surface area contributed by atoms with Gasteiger partial charge in [-0.2, -0.15) is 0 Å². The van der Waals surface area contributed by atoms with E-state index in [1.807, 2.05) is 7.05 Å². The zero-order valence-corrected chi connectivity index (χ0v) is 11.8. The quantitative estimate of drug-likeness (QED) is 0.885. The average molecular weight is 247 g/mol. The van der Waals surface area contributed by atoms with Crippen LogP contribution < -0.4 is 5.32 Å². The number of piperidine rings is 1. The Kier molecular flexibility index (Phi) is 4.72. The van der Waals surface area contributed by atoms with Crippen molar-refractivity contribution in [3.05, 3.63) is 29.6 Å². The van der Waals surface area contributed by atoms with Crippen molar-refractivity contribution in [1.82, 2.24) is 15.2 Å². The van der Waals surface area contributed by atoms with Crippen LogP contribution in [0.15, 0.2) is 18.2 Å². The van der Waals surface area contributed by atoms with E-state index < -0.39 is 0 Å². The Hall–Kier alpha value is -0.930. The maximum atomic E-state index is 4.70. The highest BCUT2D eigenvalue weighted by Gasteiger charge is 2.22. The molecule has 1 saturated heterocycles. The zero-order valence-electron chi connectivity index (χ0n) is 11.8. The van der Waals surface area contributed by atoms with Crippen LogP contribution in [0.3, 0.4) is 0 Å². The minimum atomic E-state index is 0.805. The second-order valence-electron chi connectivity index (χ2n) is 5.63. The number of nitrogens with zero attached hydrogens (tertiary/aromatic N) is 2. The van der Waals surface area contributed by atoms with E-state index in [9.17, 15) is 0 Å². The fourth-order valence-corrected chi connectivity index (χ4v) is 2.62. The van der Waals surface area contributed by atoms with Gasteiger partial charge in [-0.15, -0.1) is 0 Å². The van der Waals surface area contributed by atoms with Crippen molar-refractivity contribution in [2.24, 2.45) is 11.8 Å². The maximum Gasteiger partial charge on any atom is 0.0547 e. The van der Waals surface area contributed by atoms with Crippen LogP contribution in [0.1, 0.15) is 31.7 Å². The summed E-state index contributed by atoms with van der Waals surface area (Å²) in [5.74, 6) is 1.67. The fraction of sp³-hybridized carbons (Fsp3) is 0.667. The smallest absolute Gasteiger partial charge is 0.0547 e. The van der Waals surface area contributed by atoms with Crippen LogP contribution in [0.4, 0.5) is 0 Å². The Labute approximate surface area is 111 Å². The van der Waals surface area contributed by atoms with Crippen LogP contribution in [0.25, 0.3) is 0 Å². The summed E-state index contributed by atoms with van der Waals surface area (Å²) in [5, 5.41) is 3.15. The van der Waals surface area contributed by atoms with Crippen molar-refractivity contribution >= 4 is 0 Å². The summed E-state index contributed by atoms with van der Waals surface area (Å²) in [6.07, 6.45) is 1.32. The molecule has 0 aromatic carbocycles. The van der Waals surface area contributed by atoms with Crippen molar-refractivity contribution in [1.29, 1.82) is 0 Å². The first kappa shape index (κ1) is 13.5. The second kappa shape index (κ2) is 6.30. The van der Waals surface area contributed by atoms with Gasteiger partial charge in [-0.25, -0.2) is 0 Å². The zero-order chi connectivity index (χ0) is 13.0. The maximum absolute atomic E-state index is 4.70. The summed E-state index contributed by atoms with van der Waals surface area (Å²) < 4.78 is 0. The highest BCUT2D eigenvalue weighted by Crippen LogP contribution is 2.23. The molecule has 3 heteroatoms. The molecular weight excluding hydrogens is 222 g/mol. The first-order chi connectivity index (χ1) is 8.69. The van der Waals surface area contributed by atoms with Gasteiger partial charge in [0, 0.05) is 19.6 Å². The van der Waals surface area contributed by atoms with Gasteiger partial charge < -0.3 is 5.32 Å². The molecule has 2 heterocycles. The summed E-state index contributed by atoms with van der Waals surface area (Å²) in [5.41, 5.74) is 2.33. The molecule has 1 aromatic heterocycles. The SMILES string of the molecule is CNCc1cccc(CN2CCC(C)C(C)C2)n1. The van der Waals surface area contributed by atoms with Crippen molar-refractivity contribution < 1.29 is 0 Å². The van der Waals surface area contributed by atoms with E-state index in [-0.39, 0.29) is 0 Å². The predicted molar refractivity (Wildman–Crippen MR) is 75.2 cm³/mol. The molecule has 2 unspecified atom stereocenters. The van der Waals surface area contributed by atoms with Crippen molar-refractivity contribution in [3.8, 4) is 0 Å². The first-order valence-corrected chi connectivity index (χ1v) is 7.01. The molecule has 1 N–H and O–H groups in total. The van der Waals surface area contributed by atoms with Gasteiger partial charge >= 0.3 is 0 Å². The Balaban J connectivity index is 1.94. The lowest BCUT2D eigenvalue weighted by Crippen LogP contribution is -2.38. The summed E-state index contributed by atoms with van der Waals surface area (Å²) in [4.78, 5) is 7.23. The van der Waals surface area contributed by atoms with E-state index in [4.69, 9.17) is 4.98 Å². The summed E-state index contributed by atoms with van der Waals surface area (Å²) in [6.45, 7) is 8.99. The highest BCUT2D eigenvalue weighted by molar-refractivity contribution is 5.11. The van der Waals surface area contributed by atoms with Crippen LogP contribution in [0.2, 0.25) is 0 Å². The molecule has 0 spiro atoms. The standard InChI is InChI=1S/C15H25N3/c1-12-7-8-18(10-13(12)2)11-15-6-4-5-14(17-15)9-16-3/h4-6,12-13,16H,7-11H2,1-3H3. The fourth-order valence-electron chi connectivity index (χ4n) is 2.62. The molecule has 2 rings (SSSR count). The van der Waals surface area contributed by atoms with Gasteiger partial charge in [0.25, 0.3) is 0 Å². The van der Waals surface area contributed by atoms with E-state index in [2.05, 4.69) is 42.3 Å². The lowest BCUT2D eigenvalue weighted by molar-refractivity contribution is 0.131. The molecular formula is C15H25N3. The number of hydrogen-bond acceptors (Lipinski definition) is 3. The van der Waals surface area contributed by atoms with Gasteiger partial charge in [-0.1, -0.05) is 19.9 Å². The van der Waals surface area contributed by atoms with Gasteiger partial charge in [-0.3, -0.25) is 9.88 Å². The molecule has 0 radical (unpaired) electrons. The van der Waals surface area contributed by atoms with E-state index in [0.717, 1.165) is 30.6 Å². The third-order valence-corrected chi connectivity index (χ3v) is 4.03. The Morgan fingerprint density at radius 3 is 2.78 bits per heavy atom. The molecule has 0 bridgehead atoms. The van der Waals surface area contributed by atoms with Crippen LogP contribution >= 0.6 is 0 Å². The van der Waals surface area contributed by atoms with E-state index in [1.165, 1.54) is 25.2 Å². The molecule has 1 aliphatic heterocycles. The Bertz CT molecular complexity index is 378. The van der Waals surface area contributed by atoms with Crippen molar-refractivity contribution in [2.45, 2.75) is 33.4 Å². The monoisotopic (exact) mass is 247 g/mol. The number of nitrogens with one attached hydrogen (secondary N) is 1. The predicted octanol–water partition coefficient (Wildman–Crippen LogP) is 2.28. The number of rotatable bonds is 4. The minimum Gasteiger partial charge on any atom is -0.314 e. The van der Waals surface area contributed by atoms with Crippen LogP contribution in [0.5, 0.6) is 0 Å². The third-order valence-electron chi connectivity index (χ3n) is 4.03. The van der Waals surface area contributed by atoms with E-state index in [0.29, 0.717) is 0 Å². The van der Waals surface area contributed by atoms with Crippen LogP contribution in [-0.4, -0.2) is 30.0 Å². The van der Waals surface area contributed by atoms with E-state index in [1.54, 1.807) is 0 Å².